The first kappa shape index (κ1) is 14.5. The van der Waals surface area contributed by atoms with E-state index in [1.54, 1.807) is 0 Å². The van der Waals surface area contributed by atoms with Crippen molar-refractivity contribution in [2.45, 2.75) is 12.0 Å². The molecule has 0 amide bonds. The summed E-state index contributed by atoms with van der Waals surface area (Å²) in [4.78, 5) is 3.56. The summed E-state index contributed by atoms with van der Waals surface area (Å²) < 4.78 is 6.25. The van der Waals surface area contributed by atoms with Gasteiger partial charge in [-0.25, -0.2) is 0 Å². The Morgan fingerprint density at radius 1 is 1.00 bits per heavy atom. The monoisotopic (exact) mass is 321 g/mol. The van der Waals surface area contributed by atoms with Crippen molar-refractivity contribution in [1.29, 1.82) is 0 Å². The first-order valence-electron chi connectivity index (χ1n) is 7.93. The molecule has 2 aliphatic rings. The number of fused-ring (bicyclic) bond motifs is 1. The number of nitrogens with zero attached hydrogens (tertiary/aromatic N) is 1. The molecule has 0 fully saturated rings. The van der Waals surface area contributed by atoms with Crippen LogP contribution < -0.4 is 0 Å². The van der Waals surface area contributed by atoms with Crippen molar-refractivity contribution < 1.29 is 4.74 Å². The van der Waals surface area contributed by atoms with Crippen LogP contribution in [0.1, 0.15) is 28.0 Å². The molecule has 2 aliphatic heterocycles. The molecule has 2 atom stereocenters. The Morgan fingerprint density at radius 3 is 2.57 bits per heavy atom. The summed E-state index contributed by atoms with van der Waals surface area (Å²) in [7, 11) is 0. The van der Waals surface area contributed by atoms with Gasteiger partial charge in [-0.05, 0) is 34.7 Å². The van der Waals surface area contributed by atoms with Gasteiger partial charge in [-0.1, -0.05) is 42.5 Å². The highest BCUT2D eigenvalue weighted by Crippen LogP contribution is 2.41. The Bertz CT molecular complexity index is 728. The van der Waals surface area contributed by atoms with E-state index in [0.717, 1.165) is 13.2 Å². The quantitative estimate of drug-likeness (QED) is 0.801. The minimum atomic E-state index is 0.136. The van der Waals surface area contributed by atoms with Crippen molar-refractivity contribution in [2.24, 2.45) is 0 Å². The molecule has 1 aromatic heterocycles. The molecule has 2 aromatic rings. The Labute approximate surface area is 141 Å². The molecule has 0 bridgehead atoms. The van der Waals surface area contributed by atoms with Gasteiger partial charge in [-0.2, -0.15) is 0 Å². The van der Waals surface area contributed by atoms with Crippen LogP contribution in [0, 0.1) is 0 Å². The molecule has 0 unspecified atom stereocenters. The smallest absolute Gasteiger partial charge is 0.110 e. The average Bonchev–Trinajstić information content (AvgIpc) is 2.95. The summed E-state index contributed by atoms with van der Waals surface area (Å²) in [6, 6.07) is 12.9. The van der Waals surface area contributed by atoms with Gasteiger partial charge >= 0.3 is 0 Å². The van der Waals surface area contributed by atoms with Crippen molar-refractivity contribution in [2.75, 3.05) is 13.2 Å². The molecule has 3 heteroatoms. The molecule has 0 spiro atoms. The van der Waals surface area contributed by atoms with E-state index in [-0.39, 0.29) is 6.10 Å². The van der Waals surface area contributed by atoms with Gasteiger partial charge in [0.05, 0.1) is 13.2 Å². The van der Waals surface area contributed by atoms with Crippen molar-refractivity contribution in [3.8, 4) is 0 Å². The molecule has 1 aromatic carbocycles. The second-order valence-corrected chi connectivity index (χ2v) is 6.74. The van der Waals surface area contributed by atoms with E-state index >= 15 is 0 Å². The molecule has 0 N–H and O–H groups in total. The van der Waals surface area contributed by atoms with Gasteiger partial charge in [0.25, 0.3) is 0 Å². The van der Waals surface area contributed by atoms with Gasteiger partial charge in [-0.15, -0.1) is 11.3 Å². The molecule has 0 saturated heterocycles. The van der Waals surface area contributed by atoms with E-state index in [9.17, 15) is 0 Å². The number of hydrogen-bond acceptors (Lipinski definition) is 3. The van der Waals surface area contributed by atoms with Crippen LogP contribution >= 0.6 is 11.3 Å². The van der Waals surface area contributed by atoms with E-state index in [1.807, 2.05) is 23.5 Å². The van der Waals surface area contributed by atoms with Gasteiger partial charge in [0.2, 0.25) is 0 Å². The molecule has 0 saturated carbocycles. The topological polar surface area (TPSA) is 12.5 Å². The van der Waals surface area contributed by atoms with Gasteiger partial charge in [-0.3, -0.25) is 0 Å². The number of rotatable bonds is 3. The van der Waals surface area contributed by atoms with Crippen LogP contribution in [0.15, 0.2) is 78.5 Å². The fourth-order valence-corrected chi connectivity index (χ4v) is 4.17. The van der Waals surface area contributed by atoms with Gasteiger partial charge in [0.1, 0.15) is 6.10 Å². The second-order valence-electron chi connectivity index (χ2n) is 5.79. The lowest BCUT2D eigenvalue weighted by atomic mass is 9.89. The van der Waals surface area contributed by atoms with E-state index in [1.165, 1.54) is 16.0 Å². The third kappa shape index (κ3) is 3.03. The Hall–Kier alpha value is -2.10. The van der Waals surface area contributed by atoms with Gasteiger partial charge < -0.3 is 9.64 Å². The summed E-state index contributed by atoms with van der Waals surface area (Å²) in [5.74, 6) is 0.352. The maximum Gasteiger partial charge on any atom is 0.110 e. The normalized spacial score (nSPS) is 22.9. The number of hydrogen-bond donors (Lipinski definition) is 0. The van der Waals surface area contributed by atoms with E-state index in [4.69, 9.17) is 4.74 Å². The highest BCUT2D eigenvalue weighted by molar-refractivity contribution is 7.10. The zero-order valence-corrected chi connectivity index (χ0v) is 13.7. The molecule has 0 aliphatic carbocycles. The number of ether oxygens (including phenoxy) is 1. The van der Waals surface area contributed by atoms with Crippen molar-refractivity contribution >= 4 is 11.3 Å². The highest BCUT2D eigenvalue weighted by Gasteiger charge is 2.30. The van der Waals surface area contributed by atoms with Crippen LogP contribution in [0.2, 0.25) is 0 Å². The predicted octanol–water partition coefficient (Wildman–Crippen LogP) is 4.85. The SMILES string of the molecule is C1=CC=CN(C[C@@H]2OC[C@H](c3ccccc3)c3ccsc32)C=C1. The lowest BCUT2D eigenvalue weighted by Gasteiger charge is -2.32. The maximum absolute atomic E-state index is 6.25. The molecule has 0 radical (unpaired) electrons. The molecular weight excluding hydrogens is 302 g/mol. The summed E-state index contributed by atoms with van der Waals surface area (Å²) >= 11 is 1.81. The number of thiophene rings is 1. The first-order valence-corrected chi connectivity index (χ1v) is 8.81. The lowest BCUT2D eigenvalue weighted by Crippen LogP contribution is -2.27. The third-order valence-corrected chi connectivity index (χ3v) is 5.35. The van der Waals surface area contributed by atoms with Crippen LogP contribution in [0.5, 0.6) is 0 Å². The summed E-state index contributed by atoms with van der Waals surface area (Å²) in [5, 5.41) is 2.19. The maximum atomic E-state index is 6.25. The number of allylic oxidation sites excluding steroid dienone is 4. The molecule has 23 heavy (non-hydrogen) atoms. The van der Waals surface area contributed by atoms with Crippen LogP contribution in [-0.4, -0.2) is 18.1 Å². The Kier molecular flexibility index (Phi) is 4.14. The average molecular weight is 321 g/mol. The van der Waals surface area contributed by atoms with Gasteiger partial charge in [0.15, 0.2) is 0 Å². The molecular formula is C20H19NOS. The standard InChI is InChI=1S/C20H19NOS/c1-2-7-12-21(11-6-1)14-19-20-17(10-13-23-20)18(15-22-19)16-8-4-3-5-9-16/h1-13,18-19H,14-15H2/t18-,19+/m1/s1. The first-order chi connectivity index (χ1) is 11.4. The summed E-state index contributed by atoms with van der Waals surface area (Å²) in [5.41, 5.74) is 2.77. The minimum Gasteiger partial charge on any atom is -0.370 e. The molecule has 116 valence electrons. The molecule has 3 heterocycles. The minimum absolute atomic E-state index is 0.136. The van der Waals surface area contributed by atoms with E-state index in [2.05, 4.69) is 71.2 Å². The van der Waals surface area contributed by atoms with Crippen LogP contribution in [0.4, 0.5) is 0 Å². The van der Waals surface area contributed by atoms with Crippen molar-refractivity contribution in [1.82, 2.24) is 4.90 Å². The van der Waals surface area contributed by atoms with Crippen molar-refractivity contribution in [3.63, 3.8) is 0 Å². The van der Waals surface area contributed by atoms with Crippen molar-refractivity contribution in [3.05, 3.63) is 94.5 Å². The third-order valence-electron chi connectivity index (χ3n) is 4.33. The highest BCUT2D eigenvalue weighted by atomic mass is 32.1. The zero-order valence-electron chi connectivity index (χ0n) is 12.8. The van der Waals surface area contributed by atoms with Crippen LogP contribution in [-0.2, 0) is 4.74 Å². The fraction of sp³-hybridized carbons (Fsp3) is 0.200. The largest absolute Gasteiger partial charge is 0.370 e. The number of benzene rings is 1. The fourth-order valence-electron chi connectivity index (χ4n) is 3.17. The van der Waals surface area contributed by atoms with Crippen LogP contribution in [0.3, 0.4) is 0 Å². The molecule has 2 nitrogen and oxygen atoms in total. The Balaban J connectivity index is 1.58. The zero-order chi connectivity index (χ0) is 15.5. The lowest BCUT2D eigenvalue weighted by molar-refractivity contribution is 0.0262. The molecule has 4 rings (SSSR count). The predicted molar refractivity (Wildman–Crippen MR) is 95.4 cm³/mol. The Morgan fingerprint density at radius 2 is 1.78 bits per heavy atom. The van der Waals surface area contributed by atoms with Gasteiger partial charge in [0, 0.05) is 23.2 Å². The summed E-state index contributed by atoms with van der Waals surface area (Å²) in [6.07, 6.45) is 12.5. The van der Waals surface area contributed by atoms with E-state index in [0.29, 0.717) is 5.92 Å². The van der Waals surface area contributed by atoms with Crippen LogP contribution in [0.25, 0.3) is 0 Å². The summed E-state index contributed by atoms with van der Waals surface area (Å²) in [6.45, 7) is 1.60. The van der Waals surface area contributed by atoms with E-state index < -0.39 is 0 Å². The second kappa shape index (κ2) is 6.57.